The van der Waals surface area contributed by atoms with Gasteiger partial charge in [-0.25, -0.2) is 4.98 Å². The first-order valence-electron chi connectivity index (χ1n) is 9.19. The zero-order valence-corrected chi connectivity index (χ0v) is 16.2. The highest BCUT2D eigenvalue weighted by Gasteiger charge is 2.25. The lowest BCUT2D eigenvalue weighted by Gasteiger charge is -2.13. The molecule has 1 aromatic heterocycles. The van der Waals surface area contributed by atoms with Crippen LogP contribution in [0.2, 0.25) is 0 Å². The van der Waals surface area contributed by atoms with Crippen molar-refractivity contribution in [2.75, 3.05) is 12.5 Å². The van der Waals surface area contributed by atoms with Crippen molar-refractivity contribution in [2.45, 2.75) is 25.8 Å². The Kier molecular flexibility index (Phi) is 5.05. The van der Waals surface area contributed by atoms with Crippen molar-refractivity contribution in [1.29, 1.82) is 0 Å². The van der Waals surface area contributed by atoms with Gasteiger partial charge in [-0.3, -0.25) is 14.2 Å². The molecule has 1 aliphatic rings. The van der Waals surface area contributed by atoms with Gasteiger partial charge in [0.15, 0.2) is 0 Å². The van der Waals surface area contributed by atoms with Crippen molar-refractivity contribution in [3.63, 3.8) is 0 Å². The number of rotatable bonds is 6. The van der Waals surface area contributed by atoms with Crippen molar-refractivity contribution in [2.24, 2.45) is 0 Å². The van der Waals surface area contributed by atoms with E-state index in [-0.39, 0.29) is 17.5 Å². The van der Waals surface area contributed by atoms with Crippen LogP contribution in [0.1, 0.15) is 28.8 Å². The number of alkyl halides is 1. The monoisotopic (exact) mass is 397 g/mol. The van der Waals surface area contributed by atoms with Crippen molar-refractivity contribution >= 4 is 28.4 Å². The van der Waals surface area contributed by atoms with E-state index < -0.39 is 0 Å². The molecule has 1 heterocycles. The minimum absolute atomic E-state index is 0.177. The van der Waals surface area contributed by atoms with E-state index in [1.165, 1.54) is 10.9 Å². The lowest BCUT2D eigenvalue weighted by Crippen LogP contribution is -2.28. The third kappa shape index (κ3) is 3.73. The average molecular weight is 398 g/mol. The number of carbonyl (C=O) groups is 1. The second kappa shape index (κ2) is 7.64. The maximum absolute atomic E-state index is 13.2. The van der Waals surface area contributed by atoms with Gasteiger partial charge in [0.25, 0.3) is 11.5 Å². The molecule has 144 valence electrons. The van der Waals surface area contributed by atoms with Gasteiger partial charge in [0, 0.05) is 6.04 Å². The summed E-state index contributed by atoms with van der Waals surface area (Å²) in [7, 11) is 0. The quantitative estimate of drug-likeness (QED) is 0.648. The molecule has 0 atom stereocenters. The second-order valence-corrected chi connectivity index (χ2v) is 7.28. The second-order valence-electron chi connectivity index (χ2n) is 6.90. The molecule has 4 rings (SSSR count). The molecule has 1 aliphatic carbocycles. The van der Waals surface area contributed by atoms with Crippen molar-refractivity contribution in [3.05, 3.63) is 64.2 Å². The molecule has 1 saturated carbocycles. The highest BCUT2D eigenvalue weighted by Crippen LogP contribution is 2.22. The molecule has 0 radical (unpaired) electrons. The minimum atomic E-state index is -0.257. The fourth-order valence-electron chi connectivity index (χ4n) is 3.04. The predicted octanol–water partition coefficient (Wildman–Crippen LogP) is 3.20. The largest absolute Gasteiger partial charge is 0.492 e. The smallest absolute Gasteiger partial charge is 0.265 e. The summed E-state index contributed by atoms with van der Waals surface area (Å²) in [6.07, 6.45) is 3.46. The van der Waals surface area contributed by atoms with Gasteiger partial charge in [-0.1, -0.05) is 6.07 Å². The molecule has 0 unspecified atom stereocenters. The number of aromatic nitrogens is 2. The standard InChI is InChI=1S/C21H20ClN3O3/c1-13-2-6-16(20(26)24-14-3-4-14)19(10-13)25-12-23-18-7-5-15(28-9-8-22)11-17(18)21(25)27/h2,5-7,10-12,14H,3-4,8-9H2,1H3,(H,24,26). The molecule has 7 heteroatoms. The van der Waals surface area contributed by atoms with Gasteiger partial charge >= 0.3 is 0 Å². The summed E-state index contributed by atoms with van der Waals surface area (Å²) in [5.41, 5.74) is 2.23. The van der Waals surface area contributed by atoms with Gasteiger partial charge in [0.1, 0.15) is 18.7 Å². The Balaban J connectivity index is 1.82. The molecule has 3 aromatic rings. The van der Waals surface area contributed by atoms with Crippen LogP contribution in [0, 0.1) is 6.92 Å². The van der Waals surface area contributed by atoms with Crippen LogP contribution >= 0.6 is 11.6 Å². The Morgan fingerprint density at radius 2 is 2.11 bits per heavy atom. The number of nitrogens with zero attached hydrogens (tertiary/aromatic N) is 2. The minimum Gasteiger partial charge on any atom is -0.492 e. The topological polar surface area (TPSA) is 73.2 Å². The molecule has 28 heavy (non-hydrogen) atoms. The van der Waals surface area contributed by atoms with E-state index in [1.807, 2.05) is 19.1 Å². The first-order valence-corrected chi connectivity index (χ1v) is 9.72. The van der Waals surface area contributed by atoms with Crippen LogP contribution in [0.5, 0.6) is 5.75 Å². The van der Waals surface area contributed by atoms with E-state index in [2.05, 4.69) is 10.3 Å². The Morgan fingerprint density at radius 3 is 2.86 bits per heavy atom. The first kappa shape index (κ1) is 18.5. The summed E-state index contributed by atoms with van der Waals surface area (Å²) in [4.78, 5) is 30.2. The normalized spacial score (nSPS) is 13.5. The molecule has 1 amide bonds. The maximum Gasteiger partial charge on any atom is 0.265 e. The number of aryl methyl sites for hydroxylation is 1. The van der Waals surface area contributed by atoms with Crippen LogP contribution in [0.4, 0.5) is 0 Å². The number of nitrogens with one attached hydrogen (secondary N) is 1. The zero-order chi connectivity index (χ0) is 19.7. The van der Waals surface area contributed by atoms with E-state index in [4.69, 9.17) is 16.3 Å². The molecule has 1 N–H and O–H groups in total. The Hall–Kier alpha value is -2.86. The van der Waals surface area contributed by atoms with Crippen LogP contribution in [-0.4, -0.2) is 34.0 Å². The van der Waals surface area contributed by atoms with Gasteiger partial charge in [0.2, 0.25) is 0 Å². The van der Waals surface area contributed by atoms with Gasteiger partial charge in [0.05, 0.1) is 28.0 Å². The van der Waals surface area contributed by atoms with Gasteiger partial charge in [-0.15, -0.1) is 11.6 Å². The third-order valence-electron chi connectivity index (χ3n) is 4.65. The van der Waals surface area contributed by atoms with Crippen molar-refractivity contribution in [1.82, 2.24) is 14.9 Å². The molecular formula is C21H20ClN3O3. The highest BCUT2D eigenvalue weighted by atomic mass is 35.5. The number of benzene rings is 2. The summed E-state index contributed by atoms with van der Waals surface area (Å²) in [5.74, 6) is 0.738. The summed E-state index contributed by atoms with van der Waals surface area (Å²) < 4.78 is 6.94. The fraction of sp³-hybridized carbons (Fsp3) is 0.286. The lowest BCUT2D eigenvalue weighted by molar-refractivity contribution is 0.0951. The first-order chi connectivity index (χ1) is 13.6. The summed E-state index contributed by atoms with van der Waals surface area (Å²) in [6, 6.07) is 10.8. The van der Waals surface area contributed by atoms with E-state index in [0.29, 0.717) is 40.4 Å². The summed E-state index contributed by atoms with van der Waals surface area (Å²) in [6.45, 7) is 2.27. The highest BCUT2D eigenvalue weighted by molar-refractivity contribution is 6.18. The van der Waals surface area contributed by atoms with E-state index >= 15 is 0 Å². The number of halogens is 1. The van der Waals surface area contributed by atoms with Crippen LogP contribution in [0.15, 0.2) is 47.5 Å². The molecular weight excluding hydrogens is 378 g/mol. The maximum atomic E-state index is 13.2. The van der Waals surface area contributed by atoms with Gasteiger partial charge in [-0.05, 0) is 55.7 Å². The van der Waals surface area contributed by atoms with E-state index in [1.54, 1.807) is 24.3 Å². The molecule has 0 saturated heterocycles. The summed E-state index contributed by atoms with van der Waals surface area (Å²) in [5, 5.41) is 3.40. The number of amides is 1. The van der Waals surface area contributed by atoms with Gasteiger partial charge in [-0.2, -0.15) is 0 Å². The predicted molar refractivity (Wildman–Crippen MR) is 109 cm³/mol. The van der Waals surface area contributed by atoms with Crippen molar-refractivity contribution < 1.29 is 9.53 Å². The Labute approximate surface area is 167 Å². The summed E-state index contributed by atoms with van der Waals surface area (Å²) >= 11 is 5.67. The molecule has 0 spiro atoms. The van der Waals surface area contributed by atoms with E-state index in [0.717, 1.165) is 18.4 Å². The fourth-order valence-corrected chi connectivity index (χ4v) is 3.12. The van der Waals surface area contributed by atoms with Crippen molar-refractivity contribution in [3.8, 4) is 11.4 Å². The molecule has 0 aliphatic heterocycles. The molecule has 2 aromatic carbocycles. The number of hydrogen-bond acceptors (Lipinski definition) is 4. The number of hydrogen-bond donors (Lipinski definition) is 1. The Bertz CT molecular complexity index is 1110. The number of carbonyl (C=O) groups excluding carboxylic acids is 1. The number of ether oxygens (including phenoxy) is 1. The molecule has 1 fully saturated rings. The SMILES string of the molecule is Cc1ccc(C(=O)NC2CC2)c(-n2cnc3ccc(OCCCl)cc3c2=O)c1. The Morgan fingerprint density at radius 1 is 1.29 bits per heavy atom. The average Bonchev–Trinajstić information content (AvgIpc) is 3.50. The molecule has 0 bridgehead atoms. The third-order valence-corrected chi connectivity index (χ3v) is 4.80. The molecule has 6 nitrogen and oxygen atoms in total. The van der Waals surface area contributed by atoms with Crippen LogP contribution in [0.3, 0.4) is 0 Å². The van der Waals surface area contributed by atoms with Crippen LogP contribution in [-0.2, 0) is 0 Å². The van der Waals surface area contributed by atoms with Crippen LogP contribution in [0.25, 0.3) is 16.6 Å². The zero-order valence-electron chi connectivity index (χ0n) is 15.4. The van der Waals surface area contributed by atoms with Gasteiger partial charge < -0.3 is 10.1 Å². The number of fused-ring (bicyclic) bond motifs is 1. The van der Waals surface area contributed by atoms with E-state index in [9.17, 15) is 9.59 Å². The van der Waals surface area contributed by atoms with Crippen LogP contribution < -0.4 is 15.6 Å². The lowest BCUT2D eigenvalue weighted by atomic mass is 10.1.